The van der Waals surface area contributed by atoms with Gasteiger partial charge in [0.15, 0.2) is 0 Å². The quantitative estimate of drug-likeness (QED) is 0.296. The molecule has 0 radical (unpaired) electrons. The molecule has 31 heavy (non-hydrogen) atoms. The number of halogens is 1. The molecule has 0 aliphatic carbocycles. The first kappa shape index (κ1) is 22.4. The molecular formula is C30H29F. The lowest BCUT2D eigenvalue weighted by Gasteiger charge is -2.01. The molecule has 0 saturated heterocycles. The standard InChI is InChI=1S/C30H29F/c1-3-5-6-7-8-25-13-15-27(16-14-25)19-21-29-22-20-28(23-30(29)31)18-17-26-11-9-24(4-2)10-12-26/h9-16,20,22-23H,3-8H2,1-2H3. The van der Waals surface area contributed by atoms with E-state index < -0.39 is 0 Å². The van der Waals surface area contributed by atoms with Gasteiger partial charge in [-0.25, -0.2) is 4.39 Å². The van der Waals surface area contributed by atoms with Crippen molar-refractivity contribution in [2.45, 2.75) is 52.4 Å². The minimum absolute atomic E-state index is 0.340. The van der Waals surface area contributed by atoms with Crippen molar-refractivity contribution in [3.8, 4) is 23.7 Å². The topological polar surface area (TPSA) is 0 Å². The molecule has 0 aliphatic heterocycles. The van der Waals surface area contributed by atoms with E-state index in [1.54, 1.807) is 6.07 Å². The Balaban J connectivity index is 1.63. The zero-order chi connectivity index (χ0) is 21.9. The Morgan fingerprint density at radius 1 is 0.613 bits per heavy atom. The summed E-state index contributed by atoms with van der Waals surface area (Å²) in [5, 5.41) is 0. The van der Waals surface area contributed by atoms with Crippen LogP contribution in [0.5, 0.6) is 0 Å². The molecule has 0 unspecified atom stereocenters. The molecule has 0 amide bonds. The van der Waals surface area contributed by atoms with Gasteiger partial charge in [0, 0.05) is 16.7 Å². The van der Waals surface area contributed by atoms with Crippen LogP contribution in [0.2, 0.25) is 0 Å². The minimum atomic E-state index is -0.340. The Hall–Kier alpha value is -3.29. The van der Waals surface area contributed by atoms with Crippen LogP contribution in [0.25, 0.3) is 0 Å². The average Bonchev–Trinajstić information content (AvgIpc) is 2.81. The van der Waals surface area contributed by atoms with E-state index in [9.17, 15) is 4.39 Å². The number of aryl methyl sites for hydroxylation is 2. The molecule has 0 nitrogen and oxygen atoms in total. The lowest BCUT2D eigenvalue weighted by atomic mass is 10.0. The minimum Gasteiger partial charge on any atom is -0.206 e. The van der Waals surface area contributed by atoms with E-state index in [0.717, 1.165) is 24.0 Å². The average molecular weight is 409 g/mol. The van der Waals surface area contributed by atoms with Crippen LogP contribution in [0.15, 0.2) is 66.7 Å². The van der Waals surface area contributed by atoms with Gasteiger partial charge >= 0.3 is 0 Å². The van der Waals surface area contributed by atoms with Crippen molar-refractivity contribution in [3.63, 3.8) is 0 Å². The van der Waals surface area contributed by atoms with Crippen LogP contribution in [-0.2, 0) is 12.8 Å². The number of hydrogen-bond donors (Lipinski definition) is 0. The van der Waals surface area contributed by atoms with E-state index in [-0.39, 0.29) is 5.82 Å². The molecule has 0 bridgehead atoms. The predicted octanol–water partition coefficient (Wildman–Crippen LogP) is 7.31. The summed E-state index contributed by atoms with van der Waals surface area (Å²) in [5.74, 6) is 11.8. The van der Waals surface area contributed by atoms with Gasteiger partial charge in [0.1, 0.15) is 5.82 Å². The first-order chi connectivity index (χ1) is 15.2. The summed E-state index contributed by atoms with van der Waals surface area (Å²) >= 11 is 0. The Morgan fingerprint density at radius 3 is 1.81 bits per heavy atom. The maximum Gasteiger partial charge on any atom is 0.140 e. The molecule has 0 saturated carbocycles. The maximum atomic E-state index is 14.5. The number of hydrogen-bond acceptors (Lipinski definition) is 0. The van der Waals surface area contributed by atoms with E-state index in [1.165, 1.54) is 42.9 Å². The maximum absolute atomic E-state index is 14.5. The fraction of sp³-hybridized carbons (Fsp3) is 0.267. The Labute approximate surface area is 186 Å². The molecule has 3 rings (SSSR count). The molecule has 0 fully saturated rings. The molecule has 156 valence electrons. The summed E-state index contributed by atoms with van der Waals surface area (Å²) in [6.07, 6.45) is 7.17. The second-order valence-electron chi connectivity index (χ2n) is 7.75. The Kier molecular flexibility index (Phi) is 8.51. The van der Waals surface area contributed by atoms with Crippen molar-refractivity contribution in [2.24, 2.45) is 0 Å². The van der Waals surface area contributed by atoms with Crippen molar-refractivity contribution < 1.29 is 4.39 Å². The molecule has 0 N–H and O–H groups in total. The molecule has 3 aromatic carbocycles. The van der Waals surface area contributed by atoms with Crippen LogP contribution in [0.1, 0.15) is 72.9 Å². The normalized spacial score (nSPS) is 10.0. The zero-order valence-electron chi connectivity index (χ0n) is 18.5. The summed E-state index contributed by atoms with van der Waals surface area (Å²) in [7, 11) is 0. The van der Waals surface area contributed by atoms with Crippen LogP contribution in [-0.4, -0.2) is 0 Å². The highest BCUT2D eigenvalue weighted by Crippen LogP contribution is 2.12. The Bertz CT molecular complexity index is 1100. The SMILES string of the molecule is CCCCCCc1ccc(C#Cc2ccc(C#Cc3ccc(CC)cc3)cc2F)cc1. The van der Waals surface area contributed by atoms with Crippen molar-refractivity contribution in [1.82, 2.24) is 0 Å². The lowest BCUT2D eigenvalue weighted by molar-refractivity contribution is 0.624. The van der Waals surface area contributed by atoms with Gasteiger partial charge in [-0.15, -0.1) is 0 Å². The van der Waals surface area contributed by atoms with Gasteiger partial charge in [-0.3, -0.25) is 0 Å². The predicted molar refractivity (Wildman–Crippen MR) is 128 cm³/mol. The first-order valence-electron chi connectivity index (χ1n) is 11.2. The molecule has 0 aliphatic rings. The molecule has 1 heteroatoms. The van der Waals surface area contributed by atoms with Crippen LogP contribution in [0, 0.1) is 29.5 Å². The first-order valence-corrected chi connectivity index (χ1v) is 11.2. The zero-order valence-corrected chi connectivity index (χ0v) is 18.5. The van der Waals surface area contributed by atoms with E-state index in [1.807, 2.05) is 30.3 Å². The second-order valence-corrected chi connectivity index (χ2v) is 7.75. The molecule has 3 aromatic rings. The number of benzene rings is 3. The molecular weight excluding hydrogens is 379 g/mol. The van der Waals surface area contributed by atoms with Crippen LogP contribution in [0.4, 0.5) is 4.39 Å². The highest BCUT2D eigenvalue weighted by atomic mass is 19.1. The smallest absolute Gasteiger partial charge is 0.140 e. The van der Waals surface area contributed by atoms with Crippen LogP contribution in [0.3, 0.4) is 0 Å². The van der Waals surface area contributed by atoms with Gasteiger partial charge in [0.2, 0.25) is 0 Å². The van der Waals surface area contributed by atoms with Crippen LogP contribution < -0.4 is 0 Å². The fourth-order valence-electron chi connectivity index (χ4n) is 3.31. The summed E-state index contributed by atoms with van der Waals surface area (Å²) in [4.78, 5) is 0. The van der Waals surface area contributed by atoms with E-state index in [4.69, 9.17) is 0 Å². The molecule has 0 spiro atoms. The van der Waals surface area contributed by atoms with Gasteiger partial charge in [-0.2, -0.15) is 0 Å². The van der Waals surface area contributed by atoms with Crippen molar-refractivity contribution in [1.29, 1.82) is 0 Å². The van der Waals surface area contributed by atoms with Crippen molar-refractivity contribution in [2.75, 3.05) is 0 Å². The monoisotopic (exact) mass is 408 g/mol. The van der Waals surface area contributed by atoms with E-state index >= 15 is 0 Å². The van der Waals surface area contributed by atoms with E-state index in [0.29, 0.717) is 11.1 Å². The number of unbranched alkanes of at least 4 members (excludes halogenated alkanes) is 3. The highest BCUT2D eigenvalue weighted by molar-refractivity contribution is 5.49. The van der Waals surface area contributed by atoms with Gasteiger partial charge in [-0.1, -0.05) is 81.1 Å². The summed E-state index contributed by atoms with van der Waals surface area (Å²) < 4.78 is 14.5. The van der Waals surface area contributed by atoms with Gasteiger partial charge in [0.25, 0.3) is 0 Å². The van der Waals surface area contributed by atoms with Crippen LogP contribution >= 0.6 is 0 Å². The van der Waals surface area contributed by atoms with Gasteiger partial charge in [-0.05, 0) is 72.9 Å². The second kappa shape index (κ2) is 11.8. The Morgan fingerprint density at radius 2 is 1.19 bits per heavy atom. The molecule has 0 atom stereocenters. The van der Waals surface area contributed by atoms with Gasteiger partial charge < -0.3 is 0 Å². The number of rotatable bonds is 6. The largest absolute Gasteiger partial charge is 0.206 e. The summed E-state index contributed by atoms with van der Waals surface area (Å²) in [6, 6.07) is 21.4. The van der Waals surface area contributed by atoms with E-state index in [2.05, 4.69) is 61.8 Å². The van der Waals surface area contributed by atoms with Gasteiger partial charge in [0.05, 0.1) is 5.56 Å². The lowest BCUT2D eigenvalue weighted by Crippen LogP contribution is -1.87. The highest BCUT2D eigenvalue weighted by Gasteiger charge is 2.00. The third-order valence-electron chi connectivity index (χ3n) is 5.30. The molecule has 0 heterocycles. The molecule has 0 aromatic heterocycles. The van der Waals surface area contributed by atoms with Crippen molar-refractivity contribution >= 4 is 0 Å². The summed E-state index contributed by atoms with van der Waals surface area (Å²) in [5.41, 5.74) is 5.48. The third kappa shape index (κ3) is 7.16. The third-order valence-corrected chi connectivity index (χ3v) is 5.30. The summed E-state index contributed by atoms with van der Waals surface area (Å²) in [6.45, 7) is 4.35. The fourth-order valence-corrected chi connectivity index (χ4v) is 3.31. The van der Waals surface area contributed by atoms with Crippen molar-refractivity contribution in [3.05, 3.63) is 106 Å².